The summed E-state index contributed by atoms with van der Waals surface area (Å²) < 4.78 is 53.7. The van der Waals surface area contributed by atoms with E-state index in [0.717, 1.165) is 31.2 Å². The molecule has 158 valence electrons. The summed E-state index contributed by atoms with van der Waals surface area (Å²) in [6.07, 6.45) is 3.45. The molecule has 1 saturated carbocycles. The van der Waals surface area contributed by atoms with Crippen LogP contribution in [0.25, 0.3) is 0 Å². The van der Waals surface area contributed by atoms with Gasteiger partial charge < -0.3 is 9.47 Å². The first kappa shape index (κ1) is 21.6. The van der Waals surface area contributed by atoms with E-state index in [1.165, 1.54) is 22.5 Å². The number of ether oxygens (including phenoxy) is 2. The number of hydrogen-bond donors (Lipinski definition) is 0. The third kappa shape index (κ3) is 4.90. The van der Waals surface area contributed by atoms with Gasteiger partial charge in [-0.15, -0.1) is 0 Å². The van der Waals surface area contributed by atoms with E-state index in [2.05, 4.69) is 0 Å². The molecule has 0 spiro atoms. The van der Waals surface area contributed by atoms with Crippen LogP contribution in [0.4, 0.5) is 4.39 Å². The van der Waals surface area contributed by atoms with Crippen molar-refractivity contribution in [2.45, 2.75) is 63.1 Å². The van der Waals surface area contributed by atoms with E-state index >= 15 is 0 Å². The van der Waals surface area contributed by atoms with Crippen LogP contribution in [-0.4, -0.2) is 32.0 Å². The second-order valence-corrected chi connectivity index (χ2v) is 9.43. The van der Waals surface area contributed by atoms with Crippen LogP contribution >= 0.6 is 0 Å². The van der Waals surface area contributed by atoms with Gasteiger partial charge in [-0.1, -0.05) is 31.0 Å². The molecule has 0 bridgehead atoms. The van der Waals surface area contributed by atoms with Gasteiger partial charge in [0.2, 0.25) is 10.0 Å². The SMILES string of the molecule is COc1ccc(CN(C2CCCC2)S(=O)(=O)c2ccccc2F)cc1OC(C)C. The highest BCUT2D eigenvalue weighted by Gasteiger charge is 2.35. The molecule has 0 saturated heterocycles. The summed E-state index contributed by atoms with van der Waals surface area (Å²) in [7, 11) is -2.41. The summed E-state index contributed by atoms with van der Waals surface area (Å²) >= 11 is 0. The second-order valence-electron chi connectivity index (χ2n) is 7.57. The van der Waals surface area contributed by atoms with Crippen molar-refractivity contribution in [3.05, 3.63) is 53.8 Å². The lowest BCUT2D eigenvalue weighted by atomic mass is 10.1. The molecule has 0 aromatic heterocycles. The zero-order valence-electron chi connectivity index (χ0n) is 17.1. The molecule has 29 heavy (non-hydrogen) atoms. The minimum absolute atomic E-state index is 0.0489. The van der Waals surface area contributed by atoms with Crippen molar-refractivity contribution in [2.75, 3.05) is 7.11 Å². The monoisotopic (exact) mass is 421 g/mol. The fraction of sp³-hybridized carbons (Fsp3) is 0.455. The molecular weight excluding hydrogens is 393 g/mol. The van der Waals surface area contributed by atoms with Crippen LogP contribution in [0.2, 0.25) is 0 Å². The number of methoxy groups -OCH3 is 1. The third-order valence-corrected chi connectivity index (χ3v) is 7.02. The van der Waals surface area contributed by atoms with Crippen LogP contribution in [0.3, 0.4) is 0 Å². The molecule has 0 unspecified atom stereocenters. The summed E-state index contributed by atoms with van der Waals surface area (Å²) in [4.78, 5) is -0.279. The molecular formula is C22H28FNO4S. The summed E-state index contributed by atoms with van der Waals surface area (Å²) in [5, 5.41) is 0. The number of benzene rings is 2. The number of rotatable bonds is 8. The fourth-order valence-electron chi connectivity index (χ4n) is 3.73. The van der Waals surface area contributed by atoms with E-state index in [4.69, 9.17) is 9.47 Å². The molecule has 5 nitrogen and oxygen atoms in total. The summed E-state index contributed by atoms with van der Waals surface area (Å²) in [5.74, 6) is 0.426. The summed E-state index contributed by atoms with van der Waals surface area (Å²) in [6, 6.07) is 10.8. The van der Waals surface area contributed by atoms with Gasteiger partial charge in [-0.3, -0.25) is 0 Å². The van der Waals surface area contributed by atoms with E-state index in [9.17, 15) is 12.8 Å². The van der Waals surface area contributed by atoms with Crippen molar-refractivity contribution in [2.24, 2.45) is 0 Å². The molecule has 2 aromatic carbocycles. The Labute approximate surface area is 172 Å². The number of sulfonamides is 1. The van der Waals surface area contributed by atoms with Crippen LogP contribution in [0, 0.1) is 5.82 Å². The molecule has 0 heterocycles. The lowest BCUT2D eigenvalue weighted by Gasteiger charge is -2.28. The van der Waals surface area contributed by atoms with Crippen LogP contribution < -0.4 is 9.47 Å². The zero-order valence-corrected chi connectivity index (χ0v) is 17.9. The minimum atomic E-state index is -3.98. The highest BCUT2D eigenvalue weighted by Crippen LogP contribution is 2.34. The first-order valence-corrected chi connectivity index (χ1v) is 11.4. The first-order chi connectivity index (χ1) is 13.8. The highest BCUT2D eigenvalue weighted by atomic mass is 32.2. The molecule has 3 rings (SSSR count). The Balaban J connectivity index is 1.98. The van der Waals surface area contributed by atoms with Crippen molar-refractivity contribution in [3.8, 4) is 11.5 Å². The Hall–Kier alpha value is -2.12. The van der Waals surface area contributed by atoms with Gasteiger partial charge in [0.05, 0.1) is 13.2 Å². The Morgan fingerprint density at radius 1 is 1.10 bits per heavy atom. The third-order valence-electron chi connectivity index (χ3n) is 5.08. The predicted molar refractivity (Wildman–Crippen MR) is 110 cm³/mol. The maximum atomic E-state index is 14.3. The Kier molecular flexibility index (Phi) is 6.80. The molecule has 7 heteroatoms. The molecule has 0 aliphatic heterocycles. The lowest BCUT2D eigenvalue weighted by molar-refractivity contribution is 0.229. The summed E-state index contributed by atoms with van der Waals surface area (Å²) in [6.45, 7) is 3.99. The van der Waals surface area contributed by atoms with Crippen molar-refractivity contribution < 1.29 is 22.3 Å². The van der Waals surface area contributed by atoms with E-state index in [1.807, 2.05) is 19.9 Å². The number of nitrogens with zero attached hydrogens (tertiary/aromatic N) is 1. The topological polar surface area (TPSA) is 55.8 Å². The van der Waals surface area contributed by atoms with Gasteiger partial charge in [0.15, 0.2) is 11.5 Å². The van der Waals surface area contributed by atoms with Crippen LogP contribution in [0.5, 0.6) is 11.5 Å². The Morgan fingerprint density at radius 3 is 2.41 bits per heavy atom. The molecule has 1 aliphatic carbocycles. The fourth-order valence-corrected chi connectivity index (χ4v) is 5.47. The average molecular weight is 422 g/mol. The lowest BCUT2D eigenvalue weighted by Crippen LogP contribution is -2.38. The highest BCUT2D eigenvalue weighted by molar-refractivity contribution is 7.89. The van der Waals surface area contributed by atoms with Crippen LogP contribution in [-0.2, 0) is 16.6 Å². The molecule has 1 fully saturated rings. The average Bonchev–Trinajstić information content (AvgIpc) is 3.20. The van der Waals surface area contributed by atoms with Crippen molar-refractivity contribution >= 4 is 10.0 Å². The van der Waals surface area contributed by atoms with Crippen molar-refractivity contribution in [1.29, 1.82) is 0 Å². The van der Waals surface area contributed by atoms with Gasteiger partial charge in [0.25, 0.3) is 0 Å². The minimum Gasteiger partial charge on any atom is -0.493 e. The predicted octanol–water partition coefficient (Wildman–Crippen LogP) is 4.76. The Morgan fingerprint density at radius 2 is 1.79 bits per heavy atom. The van der Waals surface area contributed by atoms with E-state index in [1.54, 1.807) is 25.3 Å². The van der Waals surface area contributed by atoms with Gasteiger partial charge >= 0.3 is 0 Å². The molecule has 0 radical (unpaired) electrons. The molecule has 2 aromatic rings. The standard InChI is InChI=1S/C22H28FNO4S/c1-16(2)28-21-14-17(12-13-20(21)27-3)15-24(18-8-4-5-9-18)29(25,26)22-11-7-6-10-19(22)23/h6-7,10-14,16,18H,4-5,8-9,15H2,1-3H3. The van der Waals surface area contributed by atoms with Gasteiger partial charge in [-0.2, -0.15) is 4.31 Å². The second kappa shape index (κ2) is 9.13. The van der Waals surface area contributed by atoms with Crippen molar-refractivity contribution in [3.63, 3.8) is 0 Å². The molecule has 0 atom stereocenters. The van der Waals surface area contributed by atoms with E-state index in [0.29, 0.717) is 11.5 Å². The van der Waals surface area contributed by atoms with Gasteiger partial charge in [-0.05, 0) is 56.5 Å². The van der Waals surface area contributed by atoms with E-state index in [-0.39, 0.29) is 23.6 Å². The van der Waals surface area contributed by atoms with Crippen LogP contribution in [0.15, 0.2) is 47.4 Å². The van der Waals surface area contributed by atoms with E-state index < -0.39 is 15.8 Å². The van der Waals surface area contributed by atoms with Crippen molar-refractivity contribution in [1.82, 2.24) is 4.31 Å². The molecule has 0 amide bonds. The van der Waals surface area contributed by atoms with Gasteiger partial charge in [0.1, 0.15) is 10.7 Å². The number of hydrogen-bond acceptors (Lipinski definition) is 4. The normalized spacial score (nSPS) is 15.2. The maximum Gasteiger partial charge on any atom is 0.246 e. The zero-order chi connectivity index (χ0) is 21.0. The molecule has 0 N–H and O–H groups in total. The van der Waals surface area contributed by atoms with Crippen LogP contribution in [0.1, 0.15) is 45.1 Å². The smallest absolute Gasteiger partial charge is 0.246 e. The molecule has 1 aliphatic rings. The van der Waals surface area contributed by atoms with Gasteiger partial charge in [-0.25, -0.2) is 12.8 Å². The van der Waals surface area contributed by atoms with Gasteiger partial charge in [0, 0.05) is 12.6 Å². The quantitative estimate of drug-likeness (QED) is 0.617. The largest absolute Gasteiger partial charge is 0.493 e. The first-order valence-electron chi connectivity index (χ1n) is 9.93. The number of halogens is 1. The summed E-state index contributed by atoms with van der Waals surface area (Å²) in [5.41, 5.74) is 0.772. The Bertz CT molecular complexity index is 940. The maximum absolute atomic E-state index is 14.3.